The van der Waals surface area contributed by atoms with E-state index in [1.54, 1.807) is 13.2 Å². The van der Waals surface area contributed by atoms with E-state index in [1.807, 2.05) is 36.4 Å². The zero-order valence-electron chi connectivity index (χ0n) is 20.0. The van der Waals surface area contributed by atoms with Gasteiger partial charge in [0.15, 0.2) is 11.5 Å². The van der Waals surface area contributed by atoms with Crippen molar-refractivity contribution >= 4 is 39.9 Å². The van der Waals surface area contributed by atoms with Crippen LogP contribution in [0.25, 0.3) is 10.9 Å². The summed E-state index contributed by atoms with van der Waals surface area (Å²) in [6.45, 7) is 8.33. The number of aromatic nitrogens is 2. The second kappa shape index (κ2) is 13.3. The summed E-state index contributed by atoms with van der Waals surface area (Å²) in [6.07, 6.45) is 8.93. The number of anilines is 2. The number of carbonyl (C=O) groups excluding carboxylic acids is 1. The average molecular weight is 495 g/mol. The highest BCUT2D eigenvalue weighted by molar-refractivity contribution is 6.30. The van der Waals surface area contributed by atoms with Gasteiger partial charge in [-0.3, -0.25) is 4.79 Å². The lowest BCUT2D eigenvalue weighted by Crippen LogP contribution is -2.22. The number of allylic oxidation sites excluding steroid dienone is 2. The van der Waals surface area contributed by atoms with Crippen LogP contribution in [0.1, 0.15) is 37.7 Å². The predicted octanol–water partition coefficient (Wildman–Crippen LogP) is 6.35. The maximum Gasteiger partial charge on any atom is 0.220 e. The van der Waals surface area contributed by atoms with Crippen LogP contribution >= 0.6 is 11.6 Å². The third-order valence-corrected chi connectivity index (χ3v) is 5.58. The average Bonchev–Trinajstić information content (AvgIpc) is 2.86. The van der Waals surface area contributed by atoms with Gasteiger partial charge in [-0.2, -0.15) is 0 Å². The van der Waals surface area contributed by atoms with E-state index in [-0.39, 0.29) is 5.91 Å². The van der Waals surface area contributed by atoms with Gasteiger partial charge in [0, 0.05) is 35.1 Å². The van der Waals surface area contributed by atoms with Crippen LogP contribution in [0, 0.1) is 0 Å². The number of unbranched alkanes of at least 4 members (excludes halogenated alkanes) is 2. The van der Waals surface area contributed by atoms with E-state index in [1.165, 1.54) is 6.33 Å². The molecule has 35 heavy (non-hydrogen) atoms. The monoisotopic (exact) mass is 494 g/mol. The van der Waals surface area contributed by atoms with E-state index in [0.29, 0.717) is 47.4 Å². The number of hydrogen-bond donors (Lipinski definition) is 2. The lowest BCUT2D eigenvalue weighted by Gasteiger charge is -2.16. The molecule has 184 valence electrons. The Labute approximate surface area is 211 Å². The Balaban J connectivity index is 1.85. The predicted molar refractivity (Wildman–Crippen MR) is 142 cm³/mol. The number of amides is 1. The number of nitrogens with zero attached hydrogens (tertiary/aromatic N) is 2. The lowest BCUT2D eigenvalue weighted by atomic mass is 10.1. The third kappa shape index (κ3) is 7.45. The number of nitrogens with one attached hydrogen (secondary N) is 2. The van der Waals surface area contributed by atoms with Crippen molar-refractivity contribution in [2.75, 3.05) is 19.0 Å². The highest BCUT2D eigenvalue weighted by Gasteiger charge is 2.14. The van der Waals surface area contributed by atoms with E-state index < -0.39 is 0 Å². The molecule has 1 aromatic heterocycles. The van der Waals surface area contributed by atoms with Crippen molar-refractivity contribution in [2.45, 2.75) is 38.6 Å². The molecule has 7 nitrogen and oxygen atoms in total. The van der Waals surface area contributed by atoms with Crippen LogP contribution in [-0.4, -0.2) is 29.6 Å². The molecule has 0 unspecified atom stereocenters. The summed E-state index contributed by atoms with van der Waals surface area (Å²) < 4.78 is 11.5. The van der Waals surface area contributed by atoms with Crippen LogP contribution in [0.2, 0.25) is 5.02 Å². The zero-order valence-corrected chi connectivity index (χ0v) is 20.7. The van der Waals surface area contributed by atoms with Crippen molar-refractivity contribution in [2.24, 2.45) is 0 Å². The van der Waals surface area contributed by atoms with E-state index >= 15 is 0 Å². The van der Waals surface area contributed by atoms with Crippen LogP contribution < -0.4 is 20.1 Å². The molecular formula is C27H31ClN4O3. The normalized spacial score (nSPS) is 10.6. The molecule has 3 rings (SSSR count). The molecule has 0 aliphatic carbocycles. The number of benzene rings is 2. The zero-order chi connectivity index (χ0) is 25.0. The summed E-state index contributed by atoms with van der Waals surface area (Å²) in [6, 6.07) is 9.19. The standard InChI is InChI=1S/C27H31ClN4O3/c1-4-6-8-10-26(33)29-17-19-11-12-20(28)14-22(19)32-27-21-15-25(35-13-9-7-5-2)24(34-3)16-23(21)30-18-31-27/h4-5,11-12,14-16,18H,1-2,6-10,13,17H2,3H3,(H,29,33)(H,30,31,32). The summed E-state index contributed by atoms with van der Waals surface area (Å²) in [5, 5.41) is 7.67. The minimum atomic E-state index is -0.00873. The van der Waals surface area contributed by atoms with Crippen LogP contribution in [0.5, 0.6) is 11.5 Å². The molecule has 1 heterocycles. The number of rotatable bonds is 14. The van der Waals surface area contributed by atoms with Gasteiger partial charge in [0.25, 0.3) is 0 Å². The largest absolute Gasteiger partial charge is 0.493 e. The first-order valence-corrected chi connectivity index (χ1v) is 11.9. The Kier molecular flexibility index (Phi) is 9.93. The van der Waals surface area contributed by atoms with E-state index in [2.05, 4.69) is 33.8 Å². The molecular weight excluding hydrogens is 464 g/mol. The van der Waals surface area contributed by atoms with Gasteiger partial charge in [0.05, 0.1) is 19.2 Å². The van der Waals surface area contributed by atoms with Gasteiger partial charge < -0.3 is 20.1 Å². The number of halogens is 1. The minimum absolute atomic E-state index is 0.00873. The SMILES string of the molecule is C=CCCCOc1cc2c(Nc3cc(Cl)ccc3CNC(=O)CCCC=C)ncnc2cc1OC. The van der Waals surface area contributed by atoms with Gasteiger partial charge in [-0.15, -0.1) is 13.2 Å². The Morgan fingerprint density at radius 3 is 2.66 bits per heavy atom. The topological polar surface area (TPSA) is 85.4 Å². The van der Waals surface area contributed by atoms with Crippen molar-refractivity contribution in [1.82, 2.24) is 15.3 Å². The summed E-state index contributed by atoms with van der Waals surface area (Å²) in [7, 11) is 1.60. The number of hydrogen-bond acceptors (Lipinski definition) is 6. The van der Waals surface area contributed by atoms with E-state index in [9.17, 15) is 4.79 Å². The molecule has 0 saturated heterocycles. The van der Waals surface area contributed by atoms with Gasteiger partial charge in [0.2, 0.25) is 5.91 Å². The molecule has 8 heteroatoms. The highest BCUT2D eigenvalue weighted by atomic mass is 35.5. The van der Waals surface area contributed by atoms with Crippen molar-refractivity contribution in [3.8, 4) is 11.5 Å². The Bertz CT molecular complexity index is 1180. The molecule has 2 N–H and O–H groups in total. The Morgan fingerprint density at radius 1 is 1.09 bits per heavy atom. The molecule has 0 atom stereocenters. The molecule has 0 fully saturated rings. The summed E-state index contributed by atoms with van der Waals surface area (Å²) in [4.78, 5) is 21.0. The third-order valence-electron chi connectivity index (χ3n) is 5.34. The first-order valence-electron chi connectivity index (χ1n) is 11.5. The molecule has 0 aliphatic heterocycles. The van der Waals surface area contributed by atoms with E-state index in [4.69, 9.17) is 21.1 Å². The summed E-state index contributed by atoms with van der Waals surface area (Å²) >= 11 is 6.28. The molecule has 1 amide bonds. The van der Waals surface area contributed by atoms with Gasteiger partial charge in [-0.1, -0.05) is 29.8 Å². The van der Waals surface area contributed by atoms with Gasteiger partial charge in [-0.05, 0) is 49.4 Å². The molecule has 3 aromatic rings. The van der Waals surface area contributed by atoms with Gasteiger partial charge in [0.1, 0.15) is 12.1 Å². The second-order valence-corrected chi connectivity index (χ2v) is 8.34. The van der Waals surface area contributed by atoms with Crippen molar-refractivity contribution in [1.29, 1.82) is 0 Å². The van der Waals surface area contributed by atoms with Crippen LogP contribution in [0.3, 0.4) is 0 Å². The van der Waals surface area contributed by atoms with Crippen LogP contribution in [-0.2, 0) is 11.3 Å². The maximum atomic E-state index is 12.2. The van der Waals surface area contributed by atoms with E-state index in [0.717, 1.165) is 42.3 Å². The van der Waals surface area contributed by atoms with Gasteiger partial charge >= 0.3 is 0 Å². The fourth-order valence-electron chi connectivity index (χ4n) is 3.48. The fourth-order valence-corrected chi connectivity index (χ4v) is 3.65. The maximum absolute atomic E-state index is 12.2. The first kappa shape index (κ1) is 26.0. The van der Waals surface area contributed by atoms with Crippen molar-refractivity contribution < 1.29 is 14.3 Å². The minimum Gasteiger partial charge on any atom is -0.493 e. The molecule has 0 saturated carbocycles. The molecule has 0 aliphatic rings. The Morgan fingerprint density at radius 2 is 1.89 bits per heavy atom. The molecule has 0 spiro atoms. The first-order chi connectivity index (χ1) is 17.0. The smallest absolute Gasteiger partial charge is 0.220 e. The number of ether oxygens (including phenoxy) is 2. The highest BCUT2D eigenvalue weighted by Crippen LogP contribution is 2.35. The summed E-state index contributed by atoms with van der Waals surface area (Å²) in [5.41, 5.74) is 2.33. The summed E-state index contributed by atoms with van der Waals surface area (Å²) in [5.74, 6) is 1.79. The Hall–Kier alpha value is -3.58. The second-order valence-electron chi connectivity index (χ2n) is 7.91. The fraction of sp³-hybridized carbons (Fsp3) is 0.296. The lowest BCUT2D eigenvalue weighted by molar-refractivity contribution is -0.121. The molecule has 2 aromatic carbocycles. The molecule has 0 radical (unpaired) electrons. The number of methoxy groups -OCH3 is 1. The number of fused-ring (bicyclic) bond motifs is 1. The van der Waals surface area contributed by atoms with Crippen LogP contribution in [0.4, 0.5) is 11.5 Å². The van der Waals surface area contributed by atoms with Crippen LogP contribution in [0.15, 0.2) is 62.0 Å². The number of carbonyl (C=O) groups is 1. The molecule has 0 bridgehead atoms. The van der Waals surface area contributed by atoms with Crippen molar-refractivity contribution in [3.05, 3.63) is 72.6 Å². The van der Waals surface area contributed by atoms with Crippen molar-refractivity contribution in [3.63, 3.8) is 0 Å². The quantitative estimate of drug-likeness (QED) is 0.200. The van der Waals surface area contributed by atoms with Gasteiger partial charge in [-0.25, -0.2) is 9.97 Å².